The number of hydrogen-bond acceptors (Lipinski definition) is 4. The van der Waals surface area contributed by atoms with E-state index in [4.69, 9.17) is 0 Å². The molecule has 1 aromatic carbocycles. The smallest absolute Gasteiger partial charge is 0.132 e. The zero-order chi connectivity index (χ0) is 23.0. The minimum Gasteiger partial charge on any atom is -0.375 e. The highest BCUT2D eigenvalue weighted by molar-refractivity contribution is 5.59. The summed E-state index contributed by atoms with van der Waals surface area (Å²) in [7, 11) is 2.17. The fourth-order valence-corrected chi connectivity index (χ4v) is 4.78. The molecule has 1 aromatic rings. The van der Waals surface area contributed by atoms with Crippen LogP contribution in [0.25, 0.3) is 6.08 Å². The van der Waals surface area contributed by atoms with Crippen molar-refractivity contribution in [3.63, 3.8) is 0 Å². The van der Waals surface area contributed by atoms with Crippen molar-refractivity contribution in [2.45, 2.75) is 52.4 Å². The van der Waals surface area contributed by atoms with E-state index in [0.29, 0.717) is 0 Å². The van der Waals surface area contributed by atoms with E-state index in [-0.39, 0.29) is 11.0 Å². The molecule has 168 valence electrons. The van der Waals surface area contributed by atoms with E-state index < -0.39 is 0 Å². The quantitative estimate of drug-likeness (QED) is 0.492. The average molecular weight is 429 g/mol. The Hall–Kier alpha value is -2.82. The monoisotopic (exact) mass is 428 g/mol. The number of anilines is 1. The highest BCUT2D eigenvalue weighted by Crippen LogP contribution is 2.39. The van der Waals surface area contributed by atoms with Gasteiger partial charge in [-0.3, -0.25) is 0 Å². The lowest BCUT2D eigenvalue weighted by molar-refractivity contribution is 0.227. The molecule has 0 spiro atoms. The molecule has 4 heteroatoms. The number of piperidine rings is 1. The molecule has 3 rings (SSSR count). The Morgan fingerprint density at radius 3 is 2.38 bits per heavy atom. The van der Waals surface area contributed by atoms with Gasteiger partial charge in [0.1, 0.15) is 17.7 Å². The molecule has 1 heterocycles. The first-order valence-electron chi connectivity index (χ1n) is 11.9. The Kier molecular flexibility index (Phi) is 8.32. The van der Waals surface area contributed by atoms with Gasteiger partial charge in [-0.2, -0.15) is 10.5 Å². The van der Waals surface area contributed by atoms with Gasteiger partial charge in [0.05, 0.1) is 0 Å². The lowest BCUT2D eigenvalue weighted by Gasteiger charge is -2.30. The van der Waals surface area contributed by atoms with E-state index in [1.165, 1.54) is 51.0 Å². The molecule has 0 atom stereocenters. The second kappa shape index (κ2) is 11.2. The van der Waals surface area contributed by atoms with Gasteiger partial charge in [0.2, 0.25) is 0 Å². The van der Waals surface area contributed by atoms with Crippen LogP contribution in [0.2, 0.25) is 0 Å². The third-order valence-corrected chi connectivity index (χ3v) is 6.50. The van der Waals surface area contributed by atoms with Crippen molar-refractivity contribution in [1.82, 2.24) is 4.90 Å². The molecule has 0 N–H and O–H groups in total. The Labute approximate surface area is 194 Å². The number of likely N-dealkylation sites (tertiary alicyclic amines) is 1. The van der Waals surface area contributed by atoms with Gasteiger partial charge in [-0.05, 0) is 86.0 Å². The number of benzene rings is 1. The first-order valence-corrected chi connectivity index (χ1v) is 11.9. The van der Waals surface area contributed by atoms with Crippen LogP contribution in [-0.4, -0.2) is 38.1 Å². The van der Waals surface area contributed by atoms with E-state index in [1.807, 2.05) is 18.2 Å². The molecule has 0 amide bonds. The van der Waals surface area contributed by atoms with Crippen molar-refractivity contribution in [3.05, 3.63) is 58.7 Å². The van der Waals surface area contributed by atoms with E-state index in [0.717, 1.165) is 36.1 Å². The van der Waals surface area contributed by atoms with Crippen molar-refractivity contribution in [2.75, 3.05) is 38.1 Å². The van der Waals surface area contributed by atoms with Crippen molar-refractivity contribution in [2.24, 2.45) is 5.41 Å². The molecule has 0 saturated carbocycles. The highest BCUT2D eigenvalue weighted by Gasteiger charge is 2.26. The summed E-state index contributed by atoms with van der Waals surface area (Å²) in [6.45, 7) is 9.19. The summed E-state index contributed by atoms with van der Waals surface area (Å²) in [5, 5.41) is 18.5. The van der Waals surface area contributed by atoms with Gasteiger partial charge < -0.3 is 9.80 Å². The lowest BCUT2D eigenvalue weighted by Crippen LogP contribution is -2.32. The second-order valence-electron chi connectivity index (χ2n) is 9.96. The number of nitrogens with zero attached hydrogens (tertiary/aromatic N) is 4. The van der Waals surface area contributed by atoms with Gasteiger partial charge in [-0.25, -0.2) is 0 Å². The Morgan fingerprint density at radius 2 is 1.72 bits per heavy atom. The van der Waals surface area contributed by atoms with Gasteiger partial charge in [0.15, 0.2) is 0 Å². The zero-order valence-electron chi connectivity index (χ0n) is 19.9. The van der Waals surface area contributed by atoms with E-state index in [2.05, 4.69) is 67.1 Å². The largest absolute Gasteiger partial charge is 0.375 e. The van der Waals surface area contributed by atoms with Crippen LogP contribution in [0.5, 0.6) is 0 Å². The molecule has 4 nitrogen and oxygen atoms in total. The maximum atomic E-state index is 9.25. The van der Waals surface area contributed by atoms with Crippen molar-refractivity contribution in [1.29, 1.82) is 10.5 Å². The number of allylic oxidation sites excluding steroid dienone is 5. The normalized spacial score (nSPS) is 18.7. The molecule has 1 saturated heterocycles. The van der Waals surface area contributed by atoms with Crippen molar-refractivity contribution < 1.29 is 0 Å². The molecule has 1 aliphatic carbocycles. The third-order valence-electron chi connectivity index (χ3n) is 6.50. The van der Waals surface area contributed by atoms with Gasteiger partial charge in [0.25, 0.3) is 0 Å². The summed E-state index contributed by atoms with van der Waals surface area (Å²) in [6.07, 6.45) is 13.3. The predicted molar refractivity (Wildman–Crippen MR) is 133 cm³/mol. The van der Waals surface area contributed by atoms with Gasteiger partial charge in [-0.15, -0.1) is 0 Å². The molecule has 0 unspecified atom stereocenters. The van der Waals surface area contributed by atoms with Crippen LogP contribution < -0.4 is 4.90 Å². The molecular weight excluding hydrogens is 392 g/mol. The fourth-order valence-electron chi connectivity index (χ4n) is 4.78. The Morgan fingerprint density at radius 1 is 1.03 bits per heavy atom. The molecule has 1 fully saturated rings. The minimum absolute atomic E-state index is 0.0451. The summed E-state index contributed by atoms with van der Waals surface area (Å²) in [4.78, 5) is 4.94. The summed E-state index contributed by atoms with van der Waals surface area (Å²) < 4.78 is 0. The topological polar surface area (TPSA) is 54.1 Å². The number of nitriles is 2. The second-order valence-corrected chi connectivity index (χ2v) is 9.96. The van der Waals surface area contributed by atoms with E-state index >= 15 is 0 Å². The molecule has 0 aromatic heterocycles. The Balaban J connectivity index is 1.59. The first kappa shape index (κ1) is 23.8. The van der Waals surface area contributed by atoms with Crippen LogP contribution >= 0.6 is 0 Å². The fraction of sp³-hybridized carbons (Fsp3) is 0.500. The van der Waals surface area contributed by atoms with Crippen LogP contribution in [0.4, 0.5) is 5.69 Å². The summed E-state index contributed by atoms with van der Waals surface area (Å²) in [5.41, 5.74) is 4.70. The van der Waals surface area contributed by atoms with Crippen molar-refractivity contribution in [3.8, 4) is 12.1 Å². The number of hydrogen-bond donors (Lipinski definition) is 0. The third kappa shape index (κ3) is 6.84. The summed E-state index contributed by atoms with van der Waals surface area (Å²) in [5.74, 6) is 0. The van der Waals surface area contributed by atoms with Crippen LogP contribution in [0.15, 0.2) is 53.1 Å². The maximum Gasteiger partial charge on any atom is 0.132 e. The molecule has 32 heavy (non-hydrogen) atoms. The molecule has 0 bridgehead atoms. The van der Waals surface area contributed by atoms with Gasteiger partial charge in [-0.1, -0.05) is 50.6 Å². The first-order chi connectivity index (χ1) is 15.4. The maximum absolute atomic E-state index is 9.25. The van der Waals surface area contributed by atoms with Crippen LogP contribution in [-0.2, 0) is 0 Å². The molecule has 1 aliphatic heterocycles. The van der Waals surface area contributed by atoms with E-state index in [1.54, 1.807) is 0 Å². The predicted octanol–water partition coefficient (Wildman–Crippen LogP) is 6.10. The van der Waals surface area contributed by atoms with Crippen molar-refractivity contribution >= 4 is 11.8 Å². The lowest BCUT2D eigenvalue weighted by atomic mass is 9.74. The average Bonchev–Trinajstić information content (AvgIpc) is 2.78. The van der Waals surface area contributed by atoms with Crippen LogP contribution in [0, 0.1) is 28.1 Å². The number of rotatable bonds is 7. The standard InChI is InChI=1S/C28H36N4/c1-28(2)19-24(18-25(20-28)26(21-29)22-30)9-8-23-10-12-27(13-11-23)31(3)14-7-17-32-15-5-4-6-16-32/h8-13,18H,4-7,14-17,19-20H2,1-3H3. The van der Waals surface area contributed by atoms with Crippen LogP contribution in [0.3, 0.4) is 0 Å². The summed E-state index contributed by atoms with van der Waals surface area (Å²) in [6, 6.07) is 12.8. The van der Waals surface area contributed by atoms with Crippen LogP contribution in [0.1, 0.15) is 57.9 Å². The zero-order valence-corrected chi connectivity index (χ0v) is 19.9. The molecule has 0 radical (unpaired) electrons. The van der Waals surface area contributed by atoms with E-state index in [9.17, 15) is 10.5 Å². The summed E-state index contributed by atoms with van der Waals surface area (Å²) >= 11 is 0. The highest BCUT2D eigenvalue weighted by atomic mass is 15.1. The van der Waals surface area contributed by atoms with Gasteiger partial charge >= 0.3 is 0 Å². The Bertz CT molecular complexity index is 929. The molecule has 2 aliphatic rings. The molecular formula is C28H36N4. The SMILES string of the molecule is CN(CCCN1CCCCC1)c1ccc(C=CC2=CC(=C(C#N)C#N)CC(C)(C)C2)cc1. The van der Waals surface area contributed by atoms with Gasteiger partial charge in [0, 0.05) is 19.3 Å². The minimum atomic E-state index is 0.0451.